The summed E-state index contributed by atoms with van der Waals surface area (Å²) in [6.07, 6.45) is 3.12. The second-order valence-corrected chi connectivity index (χ2v) is 6.39. The minimum atomic E-state index is -0.596. The lowest BCUT2D eigenvalue weighted by molar-refractivity contribution is 0.0930. The molecule has 4 rings (SSSR count). The van der Waals surface area contributed by atoms with Crippen LogP contribution < -0.4 is 5.69 Å². The van der Waals surface area contributed by atoms with E-state index in [4.69, 9.17) is 11.6 Å². The van der Waals surface area contributed by atoms with Crippen molar-refractivity contribution in [3.05, 3.63) is 69.9 Å². The second kappa shape index (κ2) is 6.17. The van der Waals surface area contributed by atoms with E-state index in [1.807, 2.05) is 0 Å². The third-order valence-electron chi connectivity index (χ3n) is 4.31. The molecule has 136 valence electrons. The Balaban J connectivity index is 2.07. The highest BCUT2D eigenvalue weighted by Crippen LogP contribution is 2.27. The predicted octanol–water partition coefficient (Wildman–Crippen LogP) is 3.11. The Morgan fingerprint density at radius 1 is 1.22 bits per heavy atom. The van der Waals surface area contributed by atoms with Crippen molar-refractivity contribution in [2.45, 2.75) is 13.8 Å². The highest BCUT2D eigenvalue weighted by Gasteiger charge is 2.22. The van der Waals surface area contributed by atoms with E-state index in [-0.39, 0.29) is 5.02 Å². The highest BCUT2D eigenvalue weighted by atomic mass is 35.5. The fourth-order valence-electron chi connectivity index (χ4n) is 3.14. The van der Waals surface area contributed by atoms with E-state index in [9.17, 15) is 14.0 Å². The monoisotopic (exact) mass is 385 g/mol. The number of carbonyl (C=O) groups excluding carboxylic acids is 1. The van der Waals surface area contributed by atoms with Gasteiger partial charge in [-0.25, -0.2) is 23.3 Å². The number of benzene rings is 1. The van der Waals surface area contributed by atoms with Crippen LogP contribution in [-0.2, 0) is 0 Å². The smallest absolute Gasteiger partial charge is 0.274 e. The largest absolute Gasteiger partial charge is 0.340 e. The summed E-state index contributed by atoms with van der Waals surface area (Å²) in [7, 11) is 0. The lowest BCUT2D eigenvalue weighted by Gasteiger charge is -2.09. The van der Waals surface area contributed by atoms with Gasteiger partial charge < -0.3 is 0 Å². The second-order valence-electron chi connectivity index (χ2n) is 5.99. The molecule has 0 radical (unpaired) electrons. The maximum atomic E-state index is 13.6. The van der Waals surface area contributed by atoms with Gasteiger partial charge in [0.05, 0.1) is 22.1 Å². The van der Waals surface area contributed by atoms with Crippen LogP contribution in [0.15, 0.2) is 47.7 Å². The maximum Gasteiger partial charge on any atom is 0.340 e. The Kier molecular flexibility index (Phi) is 3.92. The fraction of sp³-hybridized carbons (Fsp3) is 0.111. The van der Waals surface area contributed by atoms with Crippen LogP contribution >= 0.6 is 11.6 Å². The SMILES string of the molecule is CC(=O)n1c(C)c(-c2ccc3ncnn3c2)n(-c2ccc(F)c(Cl)c2)c1=O. The molecule has 0 aliphatic carbocycles. The fourth-order valence-corrected chi connectivity index (χ4v) is 3.31. The van der Waals surface area contributed by atoms with Gasteiger partial charge in [-0.2, -0.15) is 5.10 Å². The third kappa shape index (κ3) is 2.65. The normalized spacial score (nSPS) is 11.3. The summed E-state index contributed by atoms with van der Waals surface area (Å²) in [6.45, 7) is 2.98. The minimum absolute atomic E-state index is 0.120. The summed E-state index contributed by atoms with van der Waals surface area (Å²) in [4.78, 5) is 29.1. The van der Waals surface area contributed by atoms with Crippen molar-refractivity contribution in [3.63, 3.8) is 0 Å². The standard InChI is InChI=1S/C18H13ClFN5O2/c1-10-17(12-3-6-16-21-9-22-23(16)8-12)25(18(27)24(10)11(2)26)13-4-5-15(20)14(19)7-13/h3-9H,1-2H3. The Morgan fingerprint density at radius 3 is 2.70 bits per heavy atom. The average molecular weight is 386 g/mol. The van der Waals surface area contributed by atoms with Crippen molar-refractivity contribution in [3.8, 4) is 16.9 Å². The number of aromatic nitrogens is 5. The van der Waals surface area contributed by atoms with Gasteiger partial charge in [0.25, 0.3) is 0 Å². The Bertz CT molecular complexity index is 1270. The molecule has 0 unspecified atom stereocenters. The Morgan fingerprint density at radius 2 is 2.00 bits per heavy atom. The first-order valence-electron chi connectivity index (χ1n) is 7.99. The summed E-state index contributed by atoms with van der Waals surface area (Å²) in [5.41, 5.74) is 2.01. The van der Waals surface area contributed by atoms with E-state index in [2.05, 4.69) is 10.1 Å². The number of nitrogens with zero attached hydrogens (tertiary/aromatic N) is 5. The summed E-state index contributed by atoms with van der Waals surface area (Å²) >= 11 is 5.90. The van der Waals surface area contributed by atoms with E-state index < -0.39 is 17.4 Å². The Labute approximate surface area is 157 Å². The van der Waals surface area contributed by atoms with E-state index >= 15 is 0 Å². The van der Waals surface area contributed by atoms with Gasteiger partial charge in [-0.1, -0.05) is 11.6 Å². The molecule has 0 bridgehead atoms. The number of pyridine rings is 1. The van der Waals surface area contributed by atoms with Crippen molar-refractivity contribution in [1.29, 1.82) is 0 Å². The van der Waals surface area contributed by atoms with Crippen LogP contribution in [0, 0.1) is 12.7 Å². The topological polar surface area (TPSA) is 74.2 Å². The lowest BCUT2D eigenvalue weighted by atomic mass is 10.1. The van der Waals surface area contributed by atoms with E-state index in [1.54, 1.807) is 29.8 Å². The quantitative estimate of drug-likeness (QED) is 0.531. The minimum Gasteiger partial charge on any atom is -0.274 e. The molecule has 3 heterocycles. The van der Waals surface area contributed by atoms with Gasteiger partial charge in [-0.15, -0.1) is 0 Å². The number of halogens is 2. The number of rotatable bonds is 2. The van der Waals surface area contributed by atoms with E-state index in [0.717, 1.165) is 4.57 Å². The van der Waals surface area contributed by atoms with Crippen molar-refractivity contribution in [2.24, 2.45) is 0 Å². The summed E-state index contributed by atoms with van der Waals surface area (Å²) < 4.78 is 17.6. The van der Waals surface area contributed by atoms with Crippen molar-refractivity contribution >= 4 is 23.2 Å². The molecule has 3 aromatic heterocycles. The van der Waals surface area contributed by atoms with Crippen LogP contribution in [0.25, 0.3) is 22.6 Å². The molecule has 0 amide bonds. The van der Waals surface area contributed by atoms with Gasteiger partial charge in [0.1, 0.15) is 12.1 Å². The van der Waals surface area contributed by atoms with Crippen molar-refractivity contribution < 1.29 is 9.18 Å². The zero-order valence-electron chi connectivity index (χ0n) is 14.3. The van der Waals surface area contributed by atoms with Gasteiger partial charge in [-0.3, -0.25) is 9.36 Å². The Hall–Kier alpha value is -3.26. The van der Waals surface area contributed by atoms with Gasteiger partial charge in [0, 0.05) is 18.7 Å². The molecule has 1 aromatic carbocycles. The summed E-state index contributed by atoms with van der Waals surface area (Å²) in [6, 6.07) is 7.48. The number of imidazole rings is 1. The molecule has 27 heavy (non-hydrogen) atoms. The number of hydrogen-bond donors (Lipinski definition) is 0. The van der Waals surface area contributed by atoms with Crippen LogP contribution in [0.3, 0.4) is 0 Å². The third-order valence-corrected chi connectivity index (χ3v) is 4.60. The van der Waals surface area contributed by atoms with E-state index in [0.29, 0.717) is 28.3 Å². The molecule has 0 N–H and O–H groups in total. The first kappa shape index (κ1) is 17.2. The van der Waals surface area contributed by atoms with Crippen LogP contribution in [0.4, 0.5) is 4.39 Å². The van der Waals surface area contributed by atoms with Crippen molar-refractivity contribution in [2.75, 3.05) is 0 Å². The van der Waals surface area contributed by atoms with Gasteiger partial charge in [-0.05, 0) is 37.3 Å². The van der Waals surface area contributed by atoms with Gasteiger partial charge >= 0.3 is 5.69 Å². The molecule has 0 aliphatic rings. The summed E-state index contributed by atoms with van der Waals surface area (Å²) in [5, 5.41) is 3.98. The molecule has 0 fully saturated rings. The molecule has 0 aliphatic heterocycles. The first-order chi connectivity index (χ1) is 12.9. The number of hydrogen-bond acceptors (Lipinski definition) is 4. The summed E-state index contributed by atoms with van der Waals surface area (Å²) in [5.74, 6) is -1.02. The first-order valence-corrected chi connectivity index (χ1v) is 8.37. The van der Waals surface area contributed by atoms with Gasteiger partial charge in [0.2, 0.25) is 5.91 Å². The number of fused-ring (bicyclic) bond motifs is 1. The molecule has 0 atom stereocenters. The molecule has 0 saturated heterocycles. The molecular formula is C18H13ClFN5O2. The number of carbonyl (C=O) groups is 1. The molecule has 7 nitrogen and oxygen atoms in total. The van der Waals surface area contributed by atoms with Crippen molar-refractivity contribution in [1.82, 2.24) is 23.7 Å². The average Bonchev–Trinajstić information content (AvgIpc) is 3.18. The lowest BCUT2D eigenvalue weighted by Crippen LogP contribution is -2.27. The molecule has 0 spiro atoms. The van der Waals surface area contributed by atoms with Crippen LogP contribution in [0.2, 0.25) is 5.02 Å². The van der Waals surface area contributed by atoms with Crippen LogP contribution in [-0.4, -0.2) is 29.6 Å². The molecule has 9 heteroatoms. The molecule has 4 aromatic rings. The highest BCUT2D eigenvalue weighted by molar-refractivity contribution is 6.30. The molecular weight excluding hydrogens is 373 g/mol. The molecule has 0 saturated carbocycles. The maximum absolute atomic E-state index is 13.6. The van der Waals surface area contributed by atoms with Crippen LogP contribution in [0.1, 0.15) is 17.4 Å². The van der Waals surface area contributed by atoms with Gasteiger partial charge in [0.15, 0.2) is 5.65 Å². The van der Waals surface area contributed by atoms with E-state index in [1.165, 1.54) is 36.0 Å². The van der Waals surface area contributed by atoms with Crippen LogP contribution in [0.5, 0.6) is 0 Å². The zero-order valence-corrected chi connectivity index (χ0v) is 15.1. The zero-order chi connectivity index (χ0) is 19.3. The predicted molar refractivity (Wildman–Crippen MR) is 98.0 cm³/mol.